The number of hydrogen-bond donors (Lipinski definition) is 1. The van der Waals surface area contributed by atoms with E-state index in [2.05, 4.69) is 22.3 Å². The topological polar surface area (TPSA) is 49.4 Å². The highest BCUT2D eigenvalue weighted by atomic mass is 32.2. The van der Waals surface area contributed by atoms with Crippen LogP contribution in [0, 0.1) is 11.8 Å². The van der Waals surface area contributed by atoms with E-state index in [1.807, 2.05) is 6.92 Å². The first kappa shape index (κ1) is 14.0. The molecule has 1 unspecified atom stereocenters. The van der Waals surface area contributed by atoms with E-state index in [0.717, 1.165) is 19.5 Å². The number of nitrogens with one attached hydrogen (secondary N) is 1. The van der Waals surface area contributed by atoms with Crippen molar-refractivity contribution in [3.8, 4) is 0 Å². The highest BCUT2D eigenvalue weighted by Crippen LogP contribution is 2.36. The molecule has 104 valence electrons. The fourth-order valence-corrected chi connectivity index (χ4v) is 4.35. The summed E-state index contributed by atoms with van der Waals surface area (Å²) in [6, 6.07) is 0.381. The van der Waals surface area contributed by atoms with Gasteiger partial charge in [0.2, 0.25) is 10.0 Å². The van der Waals surface area contributed by atoms with E-state index >= 15 is 0 Å². The number of nitrogens with zero attached hydrogens (tertiary/aromatic N) is 1. The first-order chi connectivity index (χ1) is 8.55. The van der Waals surface area contributed by atoms with Crippen molar-refractivity contribution >= 4 is 10.0 Å². The monoisotopic (exact) mass is 272 g/mol. The van der Waals surface area contributed by atoms with Gasteiger partial charge in [-0.3, -0.25) is 4.90 Å². The molecule has 4 atom stereocenters. The van der Waals surface area contributed by atoms with Crippen molar-refractivity contribution in [1.82, 2.24) is 9.62 Å². The molecule has 3 aliphatic rings. The molecule has 4 nitrogen and oxygen atoms in total. The van der Waals surface area contributed by atoms with Gasteiger partial charge >= 0.3 is 0 Å². The van der Waals surface area contributed by atoms with Crippen molar-refractivity contribution in [2.75, 3.05) is 25.4 Å². The maximum Gasteiger partial charge on any atom is 0.211 e. The molecule has 1 N–H and O–H groups in total. The Hall–Kier alpha value is -0.390. The summed E-state index contributed by atoms with van der Waals surface area (Å²) in [7, 11) is -3.06. The van der Waals surface area contributed by atoms with Crippen LogP contribution in [0.1, 0.15) is 26.2 Å². The van der Waals surface area contributed by atoms with Gasteiger partial charge in [-0.05, 0) is 37.6 Å². The molecule has 0 saturated carbocycles. The number of fused-ring (bicyclic) bond motifs is 3. The molecule has 5 heteroatoms. The lowest BCUT2D eigenvalue weighted by Crippen LogP contribution is -2.56. The molecule has 0 amide bonds. The molecule has 3 saturated heterocycles. The fraction of sp³-hybridized carbons (Fsp3) is 0.846. The van der Waals surface area contributed by atoms with Gasteiger partial charge in [-0.25, -0.2) is 13.1 Å². The number of hydrogen-bond acceptors (Lipinski definition) is 3. The number of rotatable bonds is 6. The van der Waals surface area contributed by atoms with E-state index in [1.54, 1.807) is 0 Å². The summed E-state index contributed by atoms with van der Waals surface area (Å²) in [5.41, 5.74) is 0. The predicted octanol–water partition coefficient (Wildman–Crippen LogP) is 1.21. The minimum Gasteiger partial charge on any atom is -0.298 e. The van der Waals surface area contributed by atoms with Crippen LogP contribution in [0.5, 0.6) is 0 Å². The summed E-state index contributed by atoms with van der Waals surface area (Å²) in [4.78, 5) is 2.42. The highest BCUT2D eigenvalue weighted by Gasteiger charge is 2.38. The van der Waals surface area contributed by atoms with Gasteiger partial charge in [0, 0.05) is 19.1 Å². The Labute approximate surface area is 110 Å². The van der Waals surface area contributed by atoms with Crippen LogP contribution >= 0.6 is 0 Å². The summed E-state index contributed by atoms with van der Waals surface area (Å²) in [5.74, 6) is 1.54. The van der Waals surface area contributed by atoms with Crippen molar-refractivity contribution in [1.29, 1.82) is 0 Å². The van der Waals surface area contributed by atoms with E-state index in [-0.39, 0.29) is 5.75 Å². The smallest absolute Gasteiger partial charge is 0.211 e. The van der Waals surface area contributed by atoms with Gasteiger partial charge in [0.1, 0.15) is 0 Å². The van der Waals surface area contributed by atoms with Crippen LogP contribution in [0.15, 0.2) is 12.7 Å². The molecule has 0 aromatic rings. The average Bonchev–Trinajstić information content (AvgIpc) is 2.37. The second-order valence-electron chi connectivity index (χ2n) is 5.50. The zero-order valence-corrected chi connectivity index (χ0v) is 12.0. The molecule has 3 rings (SSSR count). The lowest BCUT2D eigenvalue weighted by atomic mass is 9.76. The van der Waals surface area contributed by atoms with Gasteiger partial charge < -0.3 is 0 Å². The summed E-state index contributed by atoms with van der Waals surface area (Å²) in [6.45, 7) is 8.52. The molecule has 3 fully saturated rings. The standard InChI is InChI=1S/C13H24N2O2S/c1-3-7-18(16,17)14-9-13-8-12-5-6-15(13)10-11(12)4-2/h4,11-14H,2-3,5-10H2,1H3/t11-,12-,13+/m0/s1. The number of sulfonamides is 1. The molecule has 3 aliphatic heterocycles. The lowest BCUT2D eigenvalue weighted by molar-refractivity contribution is 0.0218. The van der Waals surface area contributed by atoms with Crippen LogP contribution < -0.4 is 4.72 Å². The Morgan fingerprint density at radius 1 is 1.50 bits per heavy atom. The van der Waals surface area contributed by atoms with E-state index in [4.69, 9.17) is 0 Å². The molecule has 0 spiro atoms. The van der Waals surface area contributed by atoms with Crippen LogP contribution in [0.2, 0.25) is 0 Å². The minimum atomic E-state index is -3.06. The molecule has 0 radical (unpaired) electrons. The predicted molar refractivity (Wildman–Crippen MR) is 73.9 cm³/mol. The van der Waals surface area contributed by atoms with E-state index < -0.39 is 10.0 Å². The Morgan fingerprint density at radius 3 is 2.83 bits per heavy atom. The maximum atomic E-state index is 11.7. The van der Waals surface area contributed by atoms with Gasteiger partial charge in [0.15, 0.2) is 0 Å². The molecule has 0 aliphatic carbocycles. The summed E-state index contributed by atoms with van der Waals surface area (Å²) < 4.78 is 26.1. The molecule has 0 aromatic heterocycles. The fourth-order valence-electron chi connectivity index (χ4n) is 3.22. The minimum absolute atomic E-state index is 0.235. The second kappa shape index (κ2) is 5.72. The van der Waals surface area contributed by atoms with Crippen molar-refractivity contribution in [3.05, 3.63) is 12.7 Å². The van der Waals surface area contributed by atoms with Crippen LogP contribution in [-0.4, -0.2) is 44.7 Å². The van der Waals surface area contributed by atoms with Crippen LogP contribution in [0.4, 0.5) is 0 Å². The largest absolute Gasteiger partial charge is 0.298 e. The first-order valence-corrected chi connectivity index (χ1v) is 8.55. The first-order valence-electron chi connectivity index (χ1n) is 6.89. The van der Waals surface area contributed by atoms with E-state index in [9.17, 15) is 8.42 Å². The van der Waals surface area contributed by atoms with Gasteiger partial charge in [-0.2, -0.15) is 0 Å². The van der Waals surface area contributed by atoms with Gasteiger partial charge in [0.25, 0.3) is 0 Å². The molecule has 3 heterocycles. The summed E-state index contributed by atoms with van der Waals surface area (Å²) >= 11 is 0. The van der Waals surface area contributed by atoms with Crippen LogP contribution in [0.25, 0.3) is 0 Å². The van der Waals surface area contributed by atoms with Crippen molar-refractivity contribution in [2.45, 2.75) is 32.2 Å². The normalized spacial score (nSPS) is 35.6. The van der Waals surface area contributed by atoms with Crippen molar-refractivity contribution in [3.63, 3.8) is 0 Å². The lowest BCUT2D eigenvalue weighted by Gasteiger charge is -2.49. The third-order valence-electron chi connectivity index (χ3n) is 4.24. The average molecular weight is 272 g/mol. The molecule has 0 aromatic carbocycles. The molecule has 2 bridgehead atoms. The Bertz CT molecular complexity index is 394. The highest BCUT2D eigenvalue weighted by molar-refractivity contribution is 7.89. The van der Waals surface area contributed by atoms with Gasteiger partial charge in [-0.1, -0.05) is 13.0 Å². The van der Waals surface area contributed by atoms with E-state index in [1.165, 1.54) is 6.42 Å². The summed E-state index contributed by atoms with van der Waals surface area (Å²) in [6.07, 6.45) is 5.07. The molecular weight excluding hydrogens is 248 g/mol. The van der Waals surface area contributed by atoms with E-state index in [0.29, 0.717) is 30.8 Å². The van der Waals surface area contributed by atoms with Crippen molar-refractivity contribution in [2.24, 2.45) is 11.8 Å². The SMILES string of the molecule is C=C[C@H]1CN2CC[C@H]1C[C@@H]2CNS(=O)(=O)CCC. The third-order valence-corrected chi connectivity index (χ3v) is 5.80. The third kappa shape index (κ3) is 3.13. The maximum absolute atomic E-state index is 11.7. The quantitative estimate of drug-likeness (QED) is 0.740. The molecule has 18 heavy (non-hydrogen) atoms. The van der Waals surface area contributed by atoms with Crippen molar-refractivity contribution < 1.29 is 8.42 Å². The Balaban J connectivity index is 1.87. The Morgan fingerprint density at radius 2 is 2.28 bits per heavy atom. The zero-order chi connectivity index (χ0) is 13.2. The Kier molecular flexibility index (Phi) is 4.45. The van der Waals surface area contributed by atoms with Crippen LogP contribution in [0.3, 0.4) is 0 Å². The number of piperidine rings is 3. The van der Waals surface area contributed by atoms with Gasteiger partial charge in [-0.15, -0.1) is 6.58 Å². The molecular formula is C13H24N2O2S. The second-order valence-corrected chi connectivity index (χ2v) is 7.43. The summed E-state index contributed by atoms with van der Waals surface area (Å²) in [5, 5.41) is 0. The van der Waals surface area contributed by atoms with Crippen LogP contribution in [-0.2, 0) is 10.0 Å². The zero-order valence-electron chi connectivity index (χ0n) is 11.1. The van der Waals surface area contributed by atoms with Gasteiger partial charge in [0.05, 0.1) is 5.75 Å².